The summed E-state index contributed by atoms with van der Waals surface area (Å²) in [4.78, 5) is 16.2. The van der Waals surface area contributed by atoms with E-state index in [0.29, 0.717) is 27.8 Å². The van der Waals surface area contributed by atoms with Crippen molar-refractivity contribution in [1.82, 2.24) is 4.98 Å². The lowest BCUT2D eigenvalue weighted by Crippen LogP contribution is -2.12. The van der Waals surface area contributed by atoms with E-state index in [0.717, 1.165) is 0 Å². The van der Waals surface area contributed by atoms with E-state index in [1.165, 1.54) is 7.11 Å². The standard InChI is InChI=1S/C14H14ClN3O2/c1-16-13-7-9(5-6-17-13)14(19)18-10-3-4-12(20-2)11(15)8-10/h3-8H,1-2H3,(H,16,17)(H,18,19). The van der Waals surface area contributed by atoms with Crippen LogP contribution in [-0.4, -0.2) is 25.0 Å². The molecular weight excluding hydrogens is 278 g/mol. The third kappa shape index (κ3) is 3.19. The molecule has 1 aromatic heterocycles. The highest BCUT2D eigenvalue weighted by molar-refractivity contribution is 6.32. The predicted molar refractivity (Wildman–Crippen MR) is 79.7 cm³/mol. The Kier molecular flexibility index (Phi) is 4.42. The molecule has 2 aromatic rings. The Hall–Kier alpha value is -2.27. The van der Waals surface area contributed by atoms with Gasteiger partial charge in [0.05, 0.1) is 12.1 Å². The fourth-order valence-corrected chi connectivity index (χ4v) is 1.91. The summed E-state index contributed by atoms with van der Waals surface area (Å²) in [6.45, 7) is 0. The molecule has 0 fully saturated rings. The SMILES string of the molecule is CNc1cc(C(=O)Nc2ccc(OC)c(Cl)c2)ccn1. The molecular formula is C14H14ClN3O2. The minimum absolute atomic E-state index is 0.231. The number of halogens is 1. The second-order valence-corrected chi connectivity index (χ2v) is 4.39. The summed E-state index contributed by atoms with van der Waals surface area (Å²) in [7, 11) is 3.28. The van der Waals surface area contributed by atoms with Gasteiger partial charge in [0.25, 0.3) is 5.91 Å². The first-order valence-electron chi connectivity index (χ1n) is 5.92. The van der Waals surface area contributed by atoms with Crippen LogP contribution >= 0.6 is 11.6 Å². The lowest BCUT2D eigenvalue weighted by atomic mass is 10.2. The molecule has 20 heavy (non-hydrogen) atoms. The van der Waals surface area contributed by atoms with Crippen molar-refractivity contribution in [2.45, 2.75) is 0 Å². The highest BCUT2D eigenvalue weighted by Gasteiger charge is 2.08. The number of ether oxygens (including phenoxy) is 1. The van der Waals surface area contributed by atoms with Crippen LogP contribution in [0.2, 0.25) is 5.02 Å². The molecule has 0 spiro atoms. The zero-order valence-corrected chi connectivity index (χ0v) is 11.9. The number of rotatable bonds is 4. The molecule has 0 atom stereocenters. The van der Waals surface area contributed by atoms with Crippen LogP contribution in [0.3, 0.4) is 0 Å². The maximum absolute atomic E-state index is 12.1. The van der Waals surface area contributed by atoms with Gasteiger partial charge in [-0.2, -0.15) is 0 Å². The van der Waals surface area contributed by atoms with Crippen molar-refractivity contribution in [1.29, 1.82) is 0 Å². The highest BCUT2D eigenvalue weighted by atomic mass is 35.5. The second-order valence-electron chi connectivity index (χ2n) is 3.98. The van der Waals surface area contributed by atoms with E-state index in [-0.39, 0.29) is 5.91 Å². The average molecular weight is 292 g/mol. The van der Waals surface area contributed by atoms with E-state index in [1.54, 1.807) is 43.6 Å². The van der Waals surface area contributed by atoms with Gasteiger partial charge in [-0.25, -0.2) is 4.98 Å². The molecule has 5 nitrogen and oxygen atoms in total. The first kappa shape index (κ1) is 14.1. The number of hydrogen-bond acceptors (Lipinski definition) is 4. The van der Waals surface area contributed by atoms with Crippen LogP contribution in [0.5, 0.6) is 5.75 Å². The minimum Gasteiger partial charge on any atom is -0.495 e. The monoisotopic (exact) mass is 291 g/mol. The van der Waals surface area contributed by atoms with E-state index < -0.39 is 0 Å². The lowest BCUT2D eigenvalue weighted by molar-refractivity contribution is 0.102. The molecule has 0 saturated heterocycles. The van der Waals surface area contributed by atoms with Crippen LogP contribution in [-0.2, 0) is 0 Å². The average Bonchev–Trinajstić information content (AvgIpc) is 2.47. The molecule has 2 N–H and O–H groups in total. The van der Waals surface area contributed by atoms with Gasteiger partial charge in [0.15, 0.2) is 0 Å². The molecule has 1 aromatic carbocycles. The van der Waals surface area contributed by atoms with Crippen molar-refractivity contribution in [3.05, 3.63) is 47.1 Å². The maximum Gasteiger partial charge on any atom is 0.255 e. The first-order chi connectivity index (χ1) is 9.63. The van der Waals surface area contributed by atoms with Gasteiger partial charge in [0.2, 0.25) is 0 Å². The van der Waals surface area contributed by atoms with Crippen LogP contribution in [0.1, 0.15) is 10.4 Å². The number of aromatic nitrogens is 1. The Morgan fingerprint density at radius 1 is 1.30 bits per heavy atom. The van der Waals surface area contributed by atoms with Crippen molar-refractivity contribution < 1.29 is 9.53 Å². The van der Waals surface area contributed by atoms with E-state index in [4.69, 9.17) is 16.3 Å². The van der Waals surface area contributed by atoms with Gasteiger partial charge in [-0.1, -0.05) is 11.6 Å². The largest absolute Gasteiger partial charge is 0.495 e. The Bertz CT molecular complexity index is 632. The number of methoxy groups -OCH3 is 1. The fourth-order valence-electron chi connectivity index (χ4n) is 1.66. The van der Waals surface area contributed by atoms with Gasteiger partial charge in [-0.05, 0) is 30.3 Å². The topological polar surface area (TPSA) is 63.2 Å². The normalized spacial score (nSPS) is 9.95. The smallest absolute Gasteiger partial charge is 0.255 e. The molecule has 0 bridgehead atoms. The van der Waals surface area contributed by atoms with Crippen molar-refractivity contribution in [3.63, 3.8) is 0 Å². The second kappa shape index (κ2) is 6.25. The van der Waals surface area contributed by atoms with E-state index in [2.05, 4.69) is 15.6 Å². The van der Waals surface area contributed by atoms with Crippen molar-refractivity contribution in [3.8, 4) is 5.75 Å². The minimum atomic E-state index is -0.231. The van der Waals surface area contributed by atoms with Gasteiger partial charge in [-0.15, -0.1) is 0 Å². The van der Waals surface area contributed by atoms with Crippen LogP contribution in [0.25, 0.3) is 0 Å². The number of amides is 1. The van der Waals surface area contributed by atoms with Crippen LogP contribution < -0.4 is 15.4 Å². The Balaban J connectivity index is 2.16. The van der Waals surface area contributed by atoms with Gasteiger partial charge < -0.3 is 15.4 Å². The number of carbonyl (C=O) groups excluding carboxylic acids is 1. The van der Waals surface area contributed by atoms with Gasteiger partial charge in [-0.3, -0.25) is 4.79 Å². The zero-order chi connectivity index (χ0) is 14.5. The molecule has 2 rings (SSSR count). The quantitative estimate of drug-likeness (QED) is 0.909. The van der Waals surface area contributed by atoms with Crippen LogP contribution in [0.4, 0.5) is 11.5 Å². The molecule has 6 heteroatoms. The molecule has 1 heterocycles. The van der Waals surface area contributed by atoms with Gasteiger partial charge >= 0.3 is 0 Å². The van der Waals surface area contributed by atoms with E-state index in [9.17, 15) is 4.79 Å². The number of anilines is 2. The Morgan fingerprint density at radius 3 is 2.75 bits per heavy atom. The van der Waals surface area contributed by atoms with Crippen molar-refractivity contribution >= 4 is 29.0 Å². The molecule has 0 aliphatic heterocycles. The maximum atomic E-state index is 12.1. The van der Waals surface area contributed by atoms with Crippen LogP contribution in [0.15, 0.2) is 36.5 Å². The van der Waals surface area contributed by atoms with E-state index in [1.807, 2.05) is 0 Å². The van der Waals surface area contributed by atoms with Gasteiger partial charge in [0, 0.05) is 24.5 Å². The number of pyridine rings is 1. The molecule has 104 valence electrons. The van der Waals surface area contributed by atoms with Gasteiger partial charge in [0.1, 0.15) is 11.6 Å². The fraction of sp³-hybridized carbons (Fsp3) is 0.143. The third-order valence-electron chi connectivity index (χ3n) is 2.69. The summed E-state index contributed by atoms with van der Waals surface area (Å²) in [5.41, 5.74) is 1.11. The van der Waals surface area contributed by atoms with Crippen molar-refractivity contribution in [2.24, 2.45) is 0 Å². The number of hydrogen-bond donors (Lipinski definition) is 2. The summed E-state index contributed by atoms with van der Waals surface area (Å²) in [6, 6.07) is 8.37. The zero-order valence-electron chi connectivity index (χ0n) is 11.1. The number of benzene rings is 1. The summed E-state index contributed by atoms with van der Waals surface area (Å²) in [5, 5.41) is 6.09. The molecule has 1 amide bonds. The third-order valence-corrected chi connectivity index (χ3v) is 2.98. The molecule has 0 unspecified atom stereocenters. The molecule has 0 saturated carbocycles. The summed E-state index contributed by atoms with van der Waals surface area (Å²) >= 11 is 6.01. The van der Waals surface area contributed by atoms with Crippen LogP contribution in [0, 0.1) is 0 Å². The van der Waals surface area contributed by atoms with E-state index >= 15 is 0 Å². The summed E-state index contributed by atoms with van der Waals surface area (Å²) in [6.07, 6.45) is 1.57. The molecule has 0 aliphatic rings. The Labute approximate surface area is 121 Å². The molecule has 0 radical (unpaired) electrons. The van der Waals surface area contributed by atoms with Crippen molar-refractivity contribution in [2.75, 3.05) is 24.8 Å². The lowest BCUT2D eigenvalue weighted by Gasteiger charge is -2.08. The highest BCUT2D eigenvalue weighted by Crippen LogP contribution is 2.27. The summed E-state index contributed by atoms with van der Waals surface area (Å²) < 4.78 is 5.06. The summed E-state index contributed by atoms with van der Waals surface area (Å²) in [5.74, 6) is 0.960. The first-order valence-corrected chi connectivity index (χ1v) is 6.30. The predicted octanol–water partition coefficient (Wildman–Crippen LogP) is 3.04. The molecule has 0 aliphatic carbocycles. The number of carbonyl (C=O) groups is 1. The Morgan fingerprint density at radius 2 is 2.10 bits per heavy atom. The number of nitrogens with zero attached hydrogens (tertiary/aromatic N) is 1. The number of nitrogens with one attached hydrogen (secondary N) is 2.